The maximum absolute atomic E-state index is 12.6. The molecule has 2 bridgehead atoms. The molecule has 1 unspecified atom stereocenters. The first-order chi connectivity index (χ1) is 17.4. The van der Waals surface area contributed by atoms with Crippen molar-refractivity contribution >= 4 is 5.97 Å². The van der Waals surface area contributed by atoms with Gasteiger partial charge in [-0.15, -0.1) is 0 Å². The van der Waals surface area contributed by atoms with Gasteiger partial charge in [0.05, 0.1) is 24.4 Å². The van der Waals surface area contributed by atoms with Crippen molar-refractivity contribution in [1.82, 2.24) is 0 Å². The second-order valence-electron chi connectivity index (χ2n) is 10.8. The summed E-state index contributed by atoms with van der Waals surface area (Å²) in [5, 5.41) is 21.6. The quantitative estimate of drug-likeness (QED) is 0.328. The molecular formula is C30H42O6. The Bertz CT molecular complexity index is 886. The zero-order valence-electron chi connectivity index (χ0n) is 21.5. The maximum atomic E-state index is 12.6. The highest BCUT2D eigenvalue weighted by Gasteiger charge is 2.46. The fourth-order valence-electron chi connectivity index (χ4n) is 5.48. The second kappa shape index (κ2) is 13.0. The molecule has 0 aromatic rings. The molecule has 4 rings (SSSR count). The summed E-state index contributed by atoms with van der Waals surface area (Å²) < 4.78 is 17.6. The molecule has 0 saturated carbocycles. The average molecular weight is 499 g/mol. The summed E-state index contributed by atoms with van der Waals surface area (Å²) in [6.07, 6.45) is 18.9. The normalized spacial score (nSPS) is 38.3. The van der Waals surface area contributed by atoms with Gasteiger partial charge in [0.2, 0.25) is 0 Å². The van der Waals surface area contributed by atoms with Crippen LogP contribution >= 0.6 is 0 Å². The Morgan fingerprint density at radius 1 is 1.14 bits per heavy atom. The smallest absolute Gasteiger partial charge is 0.330 e. The zero-order valence-corrected chi connectivity index (χ0v) is 21.5. The number of aliphatic hydroxyl groups excluding tert-OH is 2. The molecule has 1 saturated heterocycles. The molecule has 4 aliphatic rings. The van der Waals surface area contributed by atoms with E-state index in [2.05, 4.69) is 25.7 Å². The van der Waals surface area contributed by atoms with Crippen LogP contribution in [0.15, 0.2) is 60.3 Å². The number of ether oxygens (including phenoxy) is 3. The minimum Gasteiger partial charge on any atom is -0.456 e. The van der Waals surface area contributed by atoms with Crippen LogP contribution in [0.2, 0.25) is 0 Å². The molecule has 36 heavy (non-hydrogen) atoms. The van der Waals surface area contributed by atoms with Crippen LogP contribution in [0, 0.1) is 5.92 Å². The van der Waals surface area contributed by atoms with Crippen LogP contribution in [0.25, 0.3) is 0 Å². The van der Waals surface area contributed by atoms with Crippen molar-refractivity contribution in [2.45, 2.75) is 114 Å². The minimum atomic E-state index is -0.953. The predicted octanol–water partition coefficient (Wildman–Crippen LogP) is 4.87. The van der Waals surface area contributed by atoms with Crippen molar-refractivity contribution < 1.29 is 29.2 Å². The molecule has 0 aromatic carbocycles. The number of epoxide rings is 1. The standard InChI is InChI=1S/C30H42O6/c1-20-7-3-9-22(17-20)15-16-25(31)27-19-28-30(36-28)26(32)18-21(2)8-4-10-23-11-5-12-24(34-23)13-6-14-29(33)35-27/h5-6,12,14-17,22-28,30-32H,2-4,7-11,13,18-19H2,1H3/b14-6-,16-15+/t22?,23-,24+,25+,26+,27+,28+,30+/m1/s1. The fourth-order valence-corrected chi connectivity index (χ4v) is 5.48. The number of hydrogen-bond donors (Lipinski definition) is 2. The summed E-state index contributed by atoms with van der Waals surface area (Å²) in [7, 11) is 0. The third-order valence-electron chi connectivity index (χ3n) is 7.57. The average Bonchev–Trinajstić information content (AvgIpc) is 3.61. The summed E-state index contributed by atoms with van der Waals surface area (Å²) in [5.74, 6) is -0.210. The lowest BCUT2D eigenvalue weighted by molar-refractivity contribution is -0.148. The number of hydrogen-bond acceptors (Lipinski definition) is 6. The molecule has 0 spiro atoms. The summed E-state index contributed by atoms with van der Waals surface area (Å²) in [5.41, 5.74) is 2.37. The first kappa shape index (κ1) is 27.1. The van der Waals surface area contributed by atoms with Gasteiger partial charge in [0.15, 0.2) is 0 Å². The van der Waals surface area contributed by atoms with Crippen LogP contribution in [0.4, 0.5) is 0 Å². The topological polar surface area (TPSA) is 88.5 Å². The third kappa shape index (κ3) is 8.27. The van der Waals surface area contributed by atoms with E-state index >= 15 is 0 Å². The fraction of sp³-hybridized carbons (Fsp3) is 0.633. The van der Waals surface area contributed by atoms with E-state index < -0.39 is 24.3 Å². The van der Waals surface area contributed by atoms with Gasteiger partial charge in [-0.1, -0.05) is 54.2 Å². The van der Waals surface area contributed by atoms with Crippen molar-refractivity contribution in [1.29, 1.82) is 0 Å². The highest BCUT2D eigenvalue weighted by atomic mass is 16.6. The van der Waals surface area contributed by atoms with Gasteiger partial charge in [-0.3, -0.25) is 0 Å². The molecule has 0 amide bonds. The molecule has 1 aliphatic carbocycles. The lowest BCUT2D eigenvalue weighted by atomic mass is 9.90. The molecule has 1 fully saturated rings. The van der Waals surface area contributed by atoms with Crippen molar-refractivity contribution in [3.8, 4) is 0 Å². The van der Waals surface area contributed by atoms with Crippen LogP contribution < -0.4 is 0 Å². The van der Waals surface area contributed by atoms with E-state index in [9.17, 15) is 15.0 Å². The van der Waals surface area contributed by atoms with Gasteiger partial charge in [-0.2, -0.15) is 0 Å². The predicted molar refractivity (Wildman–Crippen MR) is 139 cm³/mol. The molecule has 198 valence electrons. The van der Waals surface area contributed by atoms with E-state index in [1.165, 1.54) is 11.6 Å². The lowest BCUT2D eigenvalue weighted by Gasteiger charge is -2.25. The van der Waals surface area contributed by atoms with Gasteiger partial charge in [0.25, 0.3) is 0 Å². The Hall–Kier alpha value is -1.99. The van der Waals surface area contributed by atoms with Crippen molar-refractivity contribution in [2.75, 3.05) is 0 Å². The summed E-state index contributed by atoms with van der Waals surface area (Å²) in [6.45, 7) is 6.29. The number of cyclic esters (lactones) is 1. The molecule has 3 aliphatic heterocycles. The van der Waals surface area contributed by atoms with E-state index in [0.717, 1.165) is 50.5 Å². The molecular weight excluding hydrogens is 456 g/mol. The second-order valence-corrected chi connectivity index (χ2v) is 10.8. The van der Waals surface area contributed by atoms with Crippen LogP contribution in [-0.4, -0.2) is 58.9 Å². The molecule has 0 aromatic heterocycles. The number of aliphatic hydroxyl groups is 2. The van der Waals surface area contributed by atoms with E-state index in [0.29, 0.717) is 19.3 Å². The van der Waals surface area contributed by atoms with Gasteiger partial charge in [0.1, 0.15) is 18.3 Å². The lowest BCUT2D eigenvalue weighted by Crippen LogP contribution is -2.32. The summed E-state index contributed by atoms with van der Waals surface area (Å²) in [6, 6.07) is 0. The largest absolute Gasteiger partial charge is 0.456 e. The Balaban J connectivity index is 1.44. The molecule has 8 atom stereocenters. The molecule has 3 heterocycles. The van der Waals surface area contributed by atoms with E-state index in [4.69, 9.17) is 14.2 Å². The highest BCUT2D eigenvalue weighted by Crippen LogP contribution is 2.34. The Labute approximate surface area is 215 Å². The van der Waals surface area contributed by atoms with Gasteiger partial charge in [-0.25, -0.2) is 4.79 Å². The number of carbonyl (C=O) groups is 1. The highest BCUT2D eigenvalue weighted by molar-refractivity contribution is 5.82. The number of allylic oxidation sites excluding steroid dienone is 3. The SMILES string of the molecule is C=C1CCC[C@@H]2CC=C[C@@H](C/C=C\C(=O)O[C@H]([C@@H](O)/C=C/C3C=C(C)CCC3)C[C@@H]3O[C@H]3[C@@H](O)C1)O2. The van der Waals surface area contributed by atoms with E-state index in [1.54, 1.807) is 12.2 Å². The molecule has 6 heteroatoms. The van der Waals surface area contributed by atoms with Crippen molar-refractivity contribution in [3.05, 3.63) is 60.3 Å². The van der Waals surface area contributed by atoms with Crippen LogP contribution in [0.3, 0.4) is 0 Å². The van der Waals surface area contributed by atoms with E-state index in [1.807, 2.05) is 12.2 Å². The van der Waals surface area contributed by atoms with Gasteiger partial charge in [-0.05, 0) is 70.6 Å². The van der Waals surface area contributed by atoms with Crippen LogP contribution in [-0.2, 0) is 19.0 Å². The number of esters is 1. The van der Waals surface area contributed by atoms with Gasteiger partial charge >= 0.3 is 5.97 Å². The number of rotatable bonds is 3. The summed E-state index contributed by atoms with van der Waals surface area (Å²) >= 11 is 0. The first-order valence-corrected chi connectivity index (χ1v) is 13.6. The number of carbonyl (C=O) groups excluding carboxylic acids is 1. The van der Waals surface area contributed by atoms with Crippen LogP contribution in [0.1, 0.15) is 71.1 Å². The molecule has 6 nitrogen and oxygen atoms in total. The minimum absolute atomic E-state index is 0.0614. The van der Waals surface area contributed by atoms with Gasteiger partial charge < -0.3 is 24.4 Å². The Morgan fingerprint density at radius 2 is 1.97 bits per heavy atom. The number of fused-ring (bicyclic) bond motifs is 3. The Morgan fingerprint density at radius 3 is 2.81 bits per heavy atom. The Kier molecular flexibility index (Phi) is 9.77. The third-order valence-corrected chi connectivity index (χ3v) is 7.57. The maximum Gasteiger partial charge on any atom is 0.330 e. The van der Waals surface area contributed by atoms with Crippen molar-refractivity contribution in [3.63, 3.8) is 0 Å². The zero-order chi connectivity index (χ0) is 25.5. The molecule has 2 N–H and O–H groups in total. The molecule has 0 radical (unpaired) electrons. The van der Waals surface area contributed by atoms with Crippen LogP contribution in [0.5, 0.6) is 0 Å². The van der Waals surface area contributed by atoms with Crippen molar-refractivity contribution in [2.24, 2.45) is 5.92 Å². The first-order valence-electron chi connectivity index (χ1n) is 13.6. The van der Waals surface area contributed by atoms with E-state index in [-0.39, 0.29) is 30.3 Å². The monoisotopic (exact) mass is 498 g/mol. The van der Waals surface area contributed by atoms with Gasteiger partial charge in [0, 0.05) is 12.5 Å². The summed E-state index contributed by atoms with van der Waals surface area (Å²) in [4.78, 5) is 12.6.